The number of non-ortho nitro benzene ring substituents is 1. The minimum atomic E-state index is -0.419. The lowest BCUT2D eigenvalue weighted by molar-refractivity contribution is -0.384. The summed E-state index contributed by atoms with van der Waals surface area (Å²) >= 11 is 1.42. The average Bonchev–Trinajstić information content (AvgIpc) is 3.06. The van der Waals surface area contributed by atoms with E-state index in [4.69, 9.17) is 0 Å². The van der Waals surface area contributed by atoms with Crippen LogP contribution in [0.15, 0.2) is 59.0 Å². The summed E-state index contributed by atoms with van der Waals surface area (Å²) < 4.78 is 0. The van der Waals surface area contributed by atoms with Crippen LogP contribution in [0.1, 0.15) is 11.1 Å². The minimum Gasteiger partial charge on any atom is -0.258 e. The third-order valence-corrected chi connectivity index (χ3v) is 4.08. The van der Waals surface area contributed by atoms with Gasteiger partial charge in [-0.25, -0.2) is 4.98 Å². The molecule has 6 nitrogen and oxygen atoms in total. The number of anilines is 1. The van der Waals surface area contributed by atoms with Crippen molar-refractivity contribution in [1.29, 1.82) is 0 Å². The van der Waals surface area contributed by atoms with Gasteiger partial charge in [0.15, 0.2) is 0 Å². The van der Waals surface area contributed by atoms with Crippen molar-refractivity contribution in [2.45, 2.75) is 6.92 Å². The SMILES string of the molecule is Cc1ccc(C=NNc2nc(-c3ccc([N+](=O)[O-])cc3)cs2)cc1. The number of nitrogens with one attached hydrogen (secondary N) is 1. The summed E-state index contributed by atoms with van der Waals surface area (Å²) in [6.07, 6.45) is 1.73. The topological polar surface area (TPSA) is 80.4 Å². The average molecular weight is 338 g/mol. The lowest BCUT2D eigenvalue weighted by Gasteiger charge is -1.97. The highest BCUT2D eigenvalue weighted by Crippen LogP contribution is 2.26. The number of nitro benzene ring substituents is 1. The Labute approximate surface area is 142 Å². The molecule has 3 aromatic rings. The zero-order chi connectivity index (χ0) is 16.9. The van der Waals surface area contributed by atoms with Gasteiger partial charge in [-0.05, 0) is 24.6 Å². The highest BCUT2D eigenvalue weighted by Gasteiger charge is 2.07. The van der Waals surface area contributed by atoms with Crippen LogP contribution in [0.3, 0.4) is 0 Å². The van der Waals surface area contributed by atoms with Gasteiger partial charge in [-0.15, -0.1) is 11.3 Å². The number of aromatic nitrogens is 1. The molecule has 0 unspecified atom stereocenters. The highest BCUT2D eigenvalue weighted by molar-refractivity contribution is 7.14. The van der Waals surface area contributed by atoms with Gasteiger partial charge in [-0.2, -0.15) is 5.10 Å². The van der Waals surface area contributed by atoms with Gasteiger partial charge < -0.3 is 0 Å². The Balaban J connectivity index is 1.67. The van der Waals surface area contributed by atoms with Crippen LogP contribution >= 0.6 is 11.3 Å². The molecule has 0 saturated heterocycles. The van der Waals surface area contributed by atoms with E-state index in [0.29, 0.717) is 5.13 Å². The standard InChI is InChI=1S/C17H14N4O2S/c1-12-2-4-13(5-3-12)10-18-20-17-19-16(11-24-17)14-6-8-15(9-7-14)21(22)23/h2-11H,1H3,(H,19,20). The lowest BCUT2D eigenvalue weighted by Crippen LogP contribution is -1.90. The third-order valence-electron chi connectivity index (χ3n) is 3.33. The van der Waals surface area contributed by atoms with Crippen LogP contribution < -0.4 is 5.43 Å². The first kappa shape index (κ1) is 15.8. The van der Waals surface area contributed by atoms with E-state index in [9.17, 15) is 10.1 Å². The molecule has 0 spiro atoms. The van der Waals surface area contributed by atoms with Crippen LogP contribution in [-0.2, 0) is 0 Å². The second kappa shape index (κ2) is 7.01. The smallest absolute Gasteiger partial charge is 0.258 e. The van der Waals surface area contributed by atoms with Gasteiger partial charge in [-0.3, -0.25) is 15.5 Å². The summed E-state index contributed by atoms with van der Waals surface area (Å²) in [5, 5.41) is 17.4. The van der Waals surface area contributed by atoms with Crippen molar-refractivity contribution < 1.29 is 4.92 Å². The lowest BCUT2D eigenvalue weighted by atomic mass is 10.1. The Morgan fingerprint density at radius 3 is 2.54 bits per heavy atom. The quantitative estimate of drug-likeness (QED) is 0.423. The molecule has 2 aromatic carbocycles. The van der Waals surface area contributed by atoms with Crippen molar-refractivity contribution >= 4 is 28.4 Å². The number of nitrogens with zero attached hydrogens (tertiary/aromatic N) is 3. The molecule has 0 amide bonds. The van der Waals surface area contributed by atoms with Crippen molar-refractivity contribution in [3.8, 4) is 11.3 Å². The van der Waals surface area contributed by atoms with E-state index in [1.54, 1.807) is 18.3 Å². The Bertz CT molecular complexity index is 870. The minimum absolute atomic E-state index is 0.0648. The van der Waals surface area contributed by atoms with E-state index in [2.05, 4.69) is 15.5 Å². The van der Waals surface area contributed by atoms with Crippen molar-refractivity contribution in [3.05, 3.63) is 75.2 Å². The first-order chi connectivity index (χ1) is 11.6. The van der Waals surface area contributed by atoms with Crippen LogP contribution in [0.5, 0.6) is 0 Å². The fourth-order valence-corrected chi connectivity index (χ4v) is 2.69. The molecule has 0 saturated carbocycles. The molecule has 0 bridgehead atoms. The van der Waals surface area contributed by atoms with Crippen LogP contribution in [-0.4, -0.2) is 16.1 Å². The van der Waals surface area contributed by atoms with Gasteiger partial charge in [0.1, 0.15) is 0 Å². The summed E-state index contributed by atoms with van der Waals surface area (Å²) in [5.74, 6) is 0. The largest absolute Gasteiger partial charge is 0.269 e. The maximum atomic E-state index is 10.7. The number of benzene rings is 2. The van der Waals surface area contributed by atoms with Gasteiger partial charge >= 0.3 is 0 Å². The molecule has 1 heterocycles. The van der Waals surface area contributed by atoms with Gasteiger partial charge in [0.05, 0.1) is 16.8 Å². The van der Waals surface area contributed by atoms with Crippen LogP contribution in [0.4, 0.5) is 10.8 Å². The van der Waals surface area contributed by atoms with E-state index in [1.807, 2.05) is 36.6 Å². The van der Waals surface area contributed by atoms with E-state index < -0.39 is 4.92 Å². The van der Waals surface area contributed by atoms with Gasteiger partial charge in [0.25, 0.3) is 5.69 Å². The van der Waals surface area contributed by atoms with Crippen LogP contribution in [0, 0.1) is 17.0 Å². The molecule has 120 valence electrons. The van der Waals surface area contributed by atoms with Crippen molar-refractivity contribution in [1.82, 2.24) is 4.98 Å². The molecule has 0 aliphatic heterocycles. The number of hydrogen-bond acceptors (Lipinski definition) is 6. The fraction of sp³-hybridized carbons (Fsp3) is 0.0588. The number of hydrazone groups is 1. The zero-order valence-corrected chi connectivity index (χ0v) is 13.7. The number of rotatable bonds is 5. The summed E-state index contributed by atoms with van der Waals surface area (Å²) in [6, 6.07) is 14.3. The molecule has 1 N–H and O–H groups in total. The van der Waals surface area contributed by atoms with Gasteiger partial charge in [0.2, 0.25) is 5.13 Å². The molecule has 0 fully saturated rings. The van der Waals surface area contributed by atoms with E-state index in [0.717, 1.165) is 16.8 Å². The predicted octanol–water partition coefficient (Wildman–Crippen LogP) is 4.47. The number of aryl methyl sites for hydroxylation is 1. The Morgan fingerprint density at radius 2 is 1.88 bits per heavy atom. The van der Waals surface area contributed by atoms with Crippen molar-refractivity contribution in [2.24, 2.45) is 5.10 Å². The van der Waals surface area contributed by atoms with E-state index in [1.165, 1.54) is 29.0 Å². The number of hydrogen-bond donors (Lipinski definition) is 1. The second-order valence-corrected chi connectivity index (χ2v) is 5.98. The Hall–Kier alpha value is -3.06. The zero-order valence-electron chi connectivity index (χ0n) is 12.8. The number of thiazole rings is 1. The molecule has 3 rings (SSSR count). The fourth-order valence-electron chi connectivity index (χ4n) is 2.03. The molecular formula is C17H14N4O2S. The molecule has 0 atom stereocenters. The Morgan fingerprint density at radius 1 is 1.17 bits per heavy atom. The van der Waals surface area contributed by atoms with Crippen LogP contribution in [0.25, 0.3) is 11.3 Å². The maximum absolute atomic E-state index is 10.7. The molecule has 1 aromatic heterocycles. The second-order valence-electron chi connectivity index (χ2n) is 5.12. The van der Waals surface area contributed by atoms with Crippen molar-refractivity contribution in [3.63, 3.8) is 0 Å². The van der Waals surface area contributed by atoms with E-state index >= 15 is 0 Å². The molecule has 0 aliphatic carbocycles. The van der Waals surface area contributed by atoms with Crippen LogP contribution in [0.2, 0.25) is 0 Å². The molecule has 0 aliphatic rings. The monoisotopic (exact) mass is 338 g/mol. The summed E-state index contributed by atoms with van der Waals surface area (Å²) in [6.45, 7) is 2.04. The predicted molar refractivity (Wildman–Crippen MR) is 96.6 cm³/mol. The first-order valence-corrected chi connectivity index (χ1v) is 8.06. The molecule has 0 radical (unpaired) electrons. The van der Waals surface area contributed by atoms with Gasteiger partial charge in [0, 0.05) is 23.1 Å². The van der Waals surface area contributed by atoms with Crippen molar-refractivity contribution in [2.75, 3.05) is 5.43 Å². The van der Waals surface area contributed by atoms with E-state index in [-0.39, 0.29) is 5.69 Å². The summed E-state index contributed by atoms with van der Waals surface area (Å²) in [7, 11) is 0. The molecule has 7 heteroatoms. The maximum Gasteiger partial charge on any atom is 0.269 e. The molecule has 24 heavy (non-hydrogen) atoms. The first-order valence-electron chi connectivity index (χ1n) is 7.18. The normalized spacial score (nSPS) is 10.9. The highest BCUT2D eigenvalue weighted by atomic mass is 32.1. The number of nitro groups is 1. The molecular weight excluding hydrogens is 324 g/mol. The summed E-state index contributed by atoms with van der Waals surface area (Å²) in [5.41, 5.74) is 6.74. The Kier molecular flexibility index (Phi) is 4.62. The summed E-state index contributed by atoms with van der Waals surface area (Å²) in [4.78, 5) is 14.7. The third kappa shape index (κ3) is 3.82. The van der Waals surface area contributed by atoms with Gasteiger partial charge in [-0.1, -0.05) is 29.8 Å².